The molecule has 0 aliphatic carbocycles. The summed E-state index contributed by atoms with van der Waals surface area (Å²) in [5.41, 5.74) is 4.02. The molecule has 1 aromatic heterocycles. The number of likely N-dealkylation sites (tertiary alicyclic amines) is 1. The fourth-order valence-electron chi connectivity index (χ4n) is 6.76. The number of hydrogen-bond donors (Lipinski definition) is 1. The number of fused-ring (bicyclic) bond motifs is 1. The van der Waals surface area contributed by atoms with Gasteiger partial charge in [0.1, 0.15) is 17.6 Å². The standard InChI is InChI=1S/C37H46BrN5O6S/c1-5-50(46,47)34-12-11-29(44)23-30(34)33-25-41(21-22-48-33)28-13-18-40(19-14-28)16-6-17-43-32-15-20-42(36(45)49-37(2,3)4)24-31(32)35(39-43)26-7-9-27(38)10-8-26/h7-12,21-23,25,28,44H,5-6,13-20,24H2,1-4H3. The maximum absolute atomic E-state index is 13.0. The quantitative estimate of drug-likeness (QED) is 0.252. The molecule has 0 spiro atoms. The molecule has 50 heavy (non-hydrogen) atoms. The van der Waals surface area contributed by atoms with Gasteiger partial charge in [-0.3, -0.25) is 4.68 Å². The lowest BCUT2D eigenvalue weighted by Crippen LogP contribution is -2.42. The maximum Gasteiger partial charge on any atom is 0.410 e. The SMILES string of the molecule is CCS(=O)(=O)c1ccc(O)cc1C1=CN(C2CCN(CCCn3nc(-c4ccc(Br)cc4)c4c3CCN(C(=O)OC(C)(C)C)C4)CC2)C=CO1. The zero-order valence-electron chi connectivity index (χ0n) is 29.1. The van der Waals surface area contributed by atoms with Crippen LogP contribution in [-0.2, 0) is 38.8 Å². The summed E-state index contributed by atoms with van der Waals surface area (Å²) in [5, 5.41) is 15.2. The molecule has 3 aromatic rings. The first-order chi connectivity index (χ1) is 23.8. The Kier molecular flexibility index (Phi) is 10.7. The summed E-state index contributed by atoms with van der Waals surface area (Å²) in [5.74, 6) is 0.340. The lowest BCUT2D eigenvalue weighted by atomic mass is 10.0. The Bertz CT molecular complexity index is 1870. The Balaban J connectivity index is 1.09. The van der Waals surface area contributed by atoms with E-state index >= 15 is 0 Å². The van der Waals surface area contributed by atoms with Crippen molar-refractivity contribution in [2.45, 2.75) is 83.0 Å². The molecule has 2 aromatic carbocycles. The predicted molar refractivity (Wildman–Crippen MR) is 196 cm³/mol. The van der Waals surface area contributed by atoms with Gasteiger partial charge < -0.3 is 29.3 Å². The third-order valence-corrected chi connectivity index (χ3v) is 11.7. The highest BCUT2D eigenvalue weighted by Gasteiger charge is 2.31. The van der Waals surface area contributed by atoms with E-state index in [0.29, 0.717) is 24.4 Å². The third-order valence-electron chi connectivity index (χ3n) is 9.36. The van der Waals surface area contributed by atoms with Crippen molar-refractivity contribution in [2.75, 3.05) is 31.9 Å². The Labute approximate surface area is 303 Å². The second kappa shape index (κ2) is 14.8. The van der Waals surface area contributed by atoms with Crippen LogP contribution < -0.4 is 0 Å². The van der Waals surface area contributed by atoms with Crippen LogP contribution in [0.15, 0.2) is 70.5 Å². The van der Waals surface area contributed by atoms with Gasteiger partial charge in [-0.05, 0) is 76.9 Å². The minimum absolute atomic E-state index is 0.0168. The number of carbonyl (C=O) groups is 1. The molecule has 1 N–H and O–H groups in total. The van der Waals surface area contributed by atoms with E-state index in [4.69, 9.17) is 14.6 Å². The van der Waals surface area contributed by atoms with Crippen LogP contribution in [-0.4, -0.2) is 87.7 Å². The minimum atomic E-state index is -3.52. The molecule has 0 atom stereocenters. The van der Waals surface area contributed by atoms with E-state index in [9.17, 15) is 18.3 Å². The van der Waals surface area contributed by atoms with Crippen LogP contribution in [0.1, 0.15) is 63.8 Å². The highest BCUT2D eigenvalue weighted by Crippen LogP contribution is 2.34. The van der Waals surface area contributed by atoms with Gasteiger partial charge in [-0.15, -0.1) is 0 Å². The number of amides is 1. The number of ether oxygens (including phenoxy) is 2. The molecule has 1 saturated heterocycles. The number of rotatable bonds is 9. The molecule has 3 aliphatic rings. The molecule has 0 bridgehead atoms. The van der Waals surface area contributed by atoms with E-state index in [1.54, 1.807) is 18.1 Å². The lowest BCUT2D eigenvalue weighted by Gasteiger charge is -2.37. The summed E-state index contributed by atoms with van der Waals surface area (Å²) in [6, 6.07) is 12.7. The molecule has 6 rings (SSSR count). The average molecular weight is 769 g/mol. The van der Waals surface area contributed by atoms with E-state index in [1.807, 2.05) is 45.3 Å². The van der Waals surface area contributed by atoms with Crippen LogP contribution in [0, 0.1) is 0 Å². The number of hydrogen-bond acceptors (Lipinski definition) is 9. The van der Waals surface area contributed by atoms with Crippen molar-refractivity contribution >= 4 is 37.6 Å². The maximum atomic E-state index is 13.0. The van der Waals surface area contributed by atoms with E-state index in [0.717, 1.165) is 73.2 Å². The molecular weight excluding hydrogens is 722 g/mol. The van der Waals surface area contributed by atoms with E-state index < -0.39 is 15.4 Å². The molecule has 1 fully saturated rings. The fourth-order valence-corrected chi connectivity index (χ4v) is 8.11. The number of nitrogens with zero attached hydrogens (tertiary/aromatic N) is 5. The number of aromatic nitrogens is 2. The topological polar surface area (TPSA) is 117 Å². The van der Waals surface area contributed by atoms with Gasteiger partial charge in [0.2, 0.25) is 0 Å². The van der Waals surface area contributed by atoms with Crippen molar-refractivity contribution < 1.29 is 27.8 Å². The molecule has 4 heterocycles. The van der Waals surface area contributed by atoms with Crippen LogP contribution in [0.2, 0.25) is 0 Å². The number of phenols is 1. The van der Waals surface area contributed by atoms with Crippen LogP contribution in [0.25, 0.3) is 17.0 Å². The van der Waals surface area contributed by atoms with Crippen LogP contribution in [0.5, 0.6) is 5.75 Å². The lowest BCUT2D eigenvalue weighted by molar-refractivity contribution is 0.0222. The van der Waals surface area contributed by atoms with Gasteiger partial charge in [0.05, 0.1) is 22.9 Å². The van der Waals surface area contributed by atoms with Crippen molar-refractivity contribution in [3.8, 4) is 17.0 Å². The number of carbonyl (C=O) groups excluding carboxylic acids is 1. The first-order valence-electron chi connectivity index (χ1n) is 17.2. The number of sulfone groups is 1. The van der Waals surface area contributed by atoms with Crippen molar-refractivity contribution in [1.29, 1.82) is 0 Å². The van der Waals surface area contributed by atoms with Gasteiger partial charge in [-0.25, -0.2) is 13.2 Å². The van der Waals surface area contributed by atoms with E-state index in [1.165, 1.54) is 23.9 Å². The second-order valence-corrected chi connectivity index (χ2v) is 17.2. The Morgan fingerprint density at radius 3 is 2.52 bits per heavy atom. The first kappa shape index (κ1) is 36.0. The predicted octanol–water partition coefficient (Wildman–Crippen LogP) is 6.76. The highest BCUT2D eigenvalue weighted by atomic mass is 79.9. The molecular formula is C37H46BrN5O6S. The van der Waals surface area contributed by atoms with Crippen molar-refractivity contribution in [3.63, 3.8) is 0 Å². The first-order valence-corrected chi connectivity index (χ1v) is 19.7. The molecule has 0 saturated carbocycles. The summed E-state index contributed by atoms with van der Waals surface area (Å²) in [6.07, 6.45) is 8.57. The Morgan fingerprint density at radius 1 is 1.08 bits per heavy atom. The van der Waals surface area contributed by atoms with E-state index in [-0.39, 0.29) is 28.5 Å². The number of piperidine rings is 1. The molecule has 1 amide bonds. The normalized spacial score (nSPS) is 17.3. The zero-order valence-corrected chi connectivity index (χ0v) is 31.5. The van der Waals surface area contributed by atoms with Crippen LogP contribution in [0.4, 0.5) is 4.79 Å². The fraction of sp³-hybridized carbons (Fsp3) is 0.459. The Hall–Kier alpha value is -3.81. The molecule has 11 nitrogen and oxygen atoms in total. The Morgan fingerprint density at radius 2 is 1.82 bits per heavy atom. The van der Waals surface area contributed by atoms with Crippen molar-refractivity contribution in [1.82, 2.24) is 24.5 Å². The van der Waals surface area contributed by atoms with E-state index in [2.05, 4.69) is 42.5 Å². The number of phenolic OH excluding ortho intramolecular Hbond substituents is 1. The number of benzene rings is 2. The second-order valence-electron chi connectivity index (χ2n) is 14.0. The molecule has 3 aliphatic heterocycles. The minimum Gasteiger partial charge on any atom is -0.508 e. The number of aromatic hydroxyl groups is 1. The van der Waals surface area contributed by atoms with Gasteiger partial charge in [-0.1, -0.05) is 35.0 Å². The van der Waals surface area contributed by atoms with Crippen LogP contribution >= 0.6 is 15.9 Å². The molecule has 0 unspecified atom stereocenters. The van der Waals surface area contributed by atoms with Crippen LogP contribution in [0.3, 0.4) is 0 Å². The van der Waals surface area contributed by atoms with Gasteiger partial charge in [0.25, 0.3) is 0 Å². The summed E-state index contributed by atoms with van der Waals surface area (Å²) in [7, 11) is -3.52. The summed E-state index contributed by atoms with van der Waals surface area (Å²) in [6.45, 7) is 11.9. The molecule has 0 radical (unpaired) electrons. The molecule has 13 heteroatoms. The van der Waals surface area contributed by atoms with Gasteiger partial charge in [0.15, 0.2) is 15.6 Å². The largest absolute Gasteiger partial charge is 0.508 e. The smallest absolute Gasteiger partial charge is 0.410 e. The van der Waals surface area contributed by atoms with Gasteiger partial charge in [0, 0.05) is 77.9 Å². The van der Waals surface area contributed by atoms with Gasteiger partial charge >= 0.3 is 6.09 Å². The summed E-state index contributed by atoms with van der Waals surface area (Å²) < 4.78 is 40.1. The monoisotopic (exact) mass is 767 g/mol. The third kappa shape index (κ3) is 8.21. The summed E-state index contributed by atoms with van der Waals surface area (Å²) in [4.78, 5) is 19.5. The van der Waals surface area contributed by atoms with Crippen molar-refractivity contribution in [2.24, 2.45) is 0 Å². The summed E-state index contributed by atoms with van der Waals surface area (Å²) >= 11 is 3.54. The van der Waals surface area contributed by atoms with Gasteiger partial charge in [-0.2, -0.15) is 5.10 Å². The zero-order chi connectivity index (χ0) is 35.6. The highest BCUT2D eigenvalue weighted by molar-refractivity contribution is 9.10. The number of aryl methyl sites for hydroxylation is 1. The molecule has 268 valence electrons. The average Bonchev–Trinajstić information content (AvgIpc) is 3.45. The number of halogens is 1. The van der Waals surface area contributed by atoms with Crippen molar-refractivity contribution in [3.05, 3.63) is 82.4 Å².